The maximum Gasteiger partial charge on any atom is 0.164 e. The van der Waals surface area contributed by atoms with E-state index in [2.05, 4.69) is 12.1 Å². The smallest absolute Gasteiger partial charge is 0.164 e. The first-order chi connectivity index (χ1) is 15.6. The van der Waals surface area contributed by atoms with Crippen molar-refractivity contribution in [3.05, 3.63) is 70.8 Å². The molecule has 6 nitrogen and oxygen atoms in total. The van der Waals surface area contributed by atoms with Crippen molar-refractivity contribution in [3.63, 3.8) is 0 Å². The van der Waals surface area contributed by atoms with E-state index in [9.17, 15) is 0 Å². The van der Waals surface area contributed by atoms with E-state index in [1.54, 1.807) is 42.7 Å². The van der Waals surface area contributed by atoms with Crippen LogP contribution >= 0.6 is 0 Å². The normalized spacial score (nSPS) is 10.4. The van der Waals surface area contributed by atoms with Crippen LogP contribution in [0.1, 0.15) is 22.3 Å². The van der Waals surface area contributed by atoms with Crippen LogP contribution in [0, 0.1) is 0 Å². The third-order valence-electron chi connectivity index (χ3n) is 5.41. The predicted octanol–water partition coefficient (Wildman–Crippen LogP) is 4.92. The second-order valence-electron chi connectivity index (χ2n) is 7.11. The molecule has 0 aromatic heterocycles. The second kappa shape index (κ2) is 10.7. The largest absolute Gasteiger partial charge is 0.493 e. The van der Waals surface area contributed by atoms with Gasteiger partial charge in [0.25, 0.3) is 0 Å². The highest BCUT2D eigenvalue weighted by atomic mass is 16.5. The highest BCUT2D eigenvalue weighted by molar-refractivity contribution is 5.58. The molecule has 3 aromatic rings. The molecule has 0 atom stereocenters. The molecule has 0 saturated carbocycles. The molecule has 0 unspecified atom stereocenters. The SMILES string of the molecule is COc1cccc(Cc2ccc(Cc3cccc(OC)c3OC)c(OC)c2OC)c1OC. The number of para-hydroxylation sites is 2. The highest BCUT2D eigenvalue weighted by Crippen LogP contribution is 2.41. The first-order valence-electron chi connectivity index (χ1n) is 10.2. The van der Waals surface area contributed by atoms with Crippen LogP contribution in [0.25, 0.3) is 0 Å². The summed E-state index contributed by atoms with van der Waals surface area (Å²) in [7, 11) is 9.85. The van der Waals surface area contributed by atoms with Crippen LogP contribution < -0.4 is 28.4 Å². The van der Waals surface area contributed by atoms with Gasteiger partial charge in [-0.15, -0.1) is 0 Å². The molecule has 0 aliphatic carbocycles. The zero-order chi connectivity index (χ0) is 23.1. The van der Waals surface area contributed by atoms with Gasteiger partial charge in [0.1, 0.15) is 0 Å². The van der Waals surface area contributed by atoms with E-state index in [1.165, 1.54) is 0 Å². The maximum atomic E-state index is 5.80. The van der Waals surface area contributed by atoms with E-state index in [1.807, 2.05) is 36.4 Å². The van der Waals surface area contributed by atoms with Crippen molar-refractivity contribution in [2.75, 3.05) is 42.7 Å². The summed E-state index contributed by atoms with van der Waals surface area (Å²) in [6, 6.07) is 15.8. The Morgan fingerprint density at radius 2 is 0.750 bits per heavy atom. The van der Waals surface area contributed by atoms with Crippen molar-refractivity contribution in [1.82, 2.24) is 0 Å². The fraction of sp³-hybridized carbons (Fsp3) is 0.308. The first-order valence-corrected chi connectivity index (χ1v) is 10.2. The summed E-state index contributed by atoms with van der Waals surface area (Å²) in [5.74, 6) is 4.19. The summed E-state index contributed by atoms with van der Waals surface area (Å²) in [5.41, 5.74) is 3.96. The fourth-order valence-corrected chi connectivity index (χ4v) is 3.97. The predicted molar refractivity (Wildman–Crippen MR) is 124 cm³/mol. The van der Waals surface area contributed by atoms with Crippen LogP contribution in [0.3, 0.4) is 0 Å². The number of rotatable bonds is 10. The Labute approximate surface area is 189 Å². The van der Waals surface area contributed by atoms with Gasteiger partial charge in [0.15, 0.2) is 34.5 Å². The van der Waals surface area contributed by atoms with Gasteiger partial charge in [0, 0.05) is 35.1 Å². The summed E-state index contributed by atoms with van der Waals surface area (Å²) in [6.07, 6.45) is 1.20. The molecule has 6 heteroatoms. The van der Waals surface area contributed by atoms with Crippen molar-refractivity contribution in [1.29, 1.82) is 0 Å². The summed E-state index contributed by atoms with van der Waals surface area (Å²) in [6.45, 7) is 0. The Hall–Kier alpha value is -3.54. The number of hydrogen-bond acceptors (Lipinski definition) is 6. The molecule has 0 fully saturated rings. The van der Waals surface area contributed by atoms with Crippen LogP contribution in [-0.2, 0) is 12.8 Å². The monoisotopic (exact) mass is 438 g/mol. The van der Waals surface area contributed by atoms with Crippen molar-refractivity contribution >= 4 is 0 Å². The van der Waals surface area contributed by atoms with Gasteiger partial charge in [-0.3, -0.25) is 0 Å². The molecule has 3 rings (SSSR count). The van der Waals surface area contributed by atoms with Gasteiger partial charge in [-0.1, -0.05) is 36.4 Å². The average Bonchev–Trinajstić information content (AvgIpc) is 2.83. The van der Waals surface area contributed by atoms with Crippen LogP contribution in [0.15, 0.2) is 48.5 Å². The fourth-order valence-electron chi connectivity index (χ4n) is 3.97. The van der Waals surface area contributed by atoms with Crippen molar-refractivity contribution in [2.24, 2.45) is 0 Å². The van der Waals surface area contributed by atoms with Crippen LogP contribution in [0.5, 0.6) is 34.5 Å². The zero-order valence-electron chi connectivity index (χ0n) is 19.5. The van der Waals surface area contributed by atoms with Crippen LogP contribution in [0.4, 0.5) is 0 Å². The van der Waals surface area contributed by atoms with Crippen LogP contribution in [0.2, 0.25) is 0 Å². The molecule has 0 bridgehead atoms. The van der Waals surface area contributed by atoms with Crippen molar-refractivity contribution in [3.8, 4) is 34.5 Å². The second-order valence-corrected chi connectivity index (χ2v) is 7.11. The van der Waals surface area contributed by atoms with Gasteiger partial charge in [-0.05, 0) is 12.1 Å². The Morgan fingerprint density at radius 3 is 1.06 bits per heavy atom. The van der Waals surface area contributed by atoms with E-state index >= 15 is 0 Å². The van der Waals surface area contributed by atoms with E-state index in [-0.39, 0.29) is 0 Å². The minimum Gasteiger partial charge on any atom is -0.493 e. The molecule has 0 N–H and O–H groups in total. The molecule has 32 heavy (non-hydrogen) atoms. The Morgan fingerprint density at radius 1 is 0.406 bits per heavy atom. The third kappa shape index (κ3) is 4.54. The minimum atomic E-state index is 0.600. The first kappa shape index (κ1) is 23.1. The van der Waals surface area contributed by atoms with Gasteiger partial charge < -0.3 is 28.4 Å². The van der Waals surface area contributed by atoms with E-state index < -0.39 is 0 Å². The molecule has 170 valence electrons. The molecule has 0 amide bonds. The topological polar surface area (TPSA) is 55.4 Å². The number of methoxy groups -OCH3 is 6. The van der Waals surface area contributed by atoms with E-state index in [0.29, 0.717) is 47.3 Å². The van der Waals surface area contributed by atoms with Gasteiger partial charge >= 0.3 is 0 Å². The molecule has 0 saturated heterocycles. The molecular weight excluding hydrogens is 408 g/mol. The molecule has 0 spiro atoms. The quantitative estimate of drug-likeness (QED) is 0.448. The van der Waals surface area contributed by atoms with Gasteiger partial charge in [-0.25, -0.2) is 0 Å². The lowest BCUT2D eigenvalue weighted by molar-refractivity contribution is 0.345. The van der Waals surface area contributed by atoms with Gasteiger partial charge in [-0.2, -0.15) is 0 Å². The molecule has 0 heterocycles. The lowest BCUT2D eigenvalue weighted by Crippen LogP contribution is -2.04. The number of benzene rings is 3. The Kier molecular flexibility index (Phi) is 7.71. The lowest BCUT2D eigenvalue weighted by atomic mass is 9.97. The highest BCUT2D eigenvalue weighted by Gasteiger charge is 2.20. The average molecular weight is 439 g/mol. The summed E-state index contributed by atoms with van der Waals surface area (Å²) in [5, 5.41) is 0. The molecule has 0 radical (unpaired) electrons. The van der Waals surface area contributed by atoms with E-state index in [0.717, 1.165) is 22.3 Å². The number of hydrogen-bond donors (Lipinski definition) is 0. The molecule has 0 aliphatic rings. The maximum absolute atomic E-state index is 5.80. The number of ether oxygens (including phenoxy) is 6. The third-order valence-corrected chi connectivity index (χ3v) is 5.41. The van der Waals surface area contributed by atoms with Gasteiger partial charge in [0.05, 0.1) is 42.7 Å². The Balaban J connectivity index is 2.02. The van der Waals surface area contributed by atoms with E-state index in [4.69, 9.17) is 28.4 Å². The van der Waals surface area contributed by atoms with Crippen molar-refractivity contribution in [2.45, 2.75) is 12.8 Å². The molecule has 0 aliphatic heterocycles. The lowest BCUT2D eigenvalue weighted by Gasteiger charge is -2.19. The Bertz CT molecular complexity index is 976. The summed E-state index contributed by atoms with van der Waals surface area (Å²) < 4.78 is 33.7. The summed E-state index contributed by atoms with van der Waals surface area (Å²) in [4.78, 5) is 0. The molecule has 3 aromatic carbocycles. The minimum absolute atomic E-state index is 0.600. The standard InChI is InChI=1S/C26H30O6/c1-27-21-11-7-9-17(23(21)29-3)15-19-13-14-20(26(32-6)25(19)31-5)16-18-10-8-12-22(28-2)24(18)30-4/h7-14H,15-16H2,1-6H3. The van der Waals surface area contributed by atoms with Gasteiger partial charge in [0.2, 0.25) is 0 Å². The van der Waals surface area contributed by atoms with Crippen LogP contribution in [-0.4, -0.2) is 42.7 Å². The summed E-state index contributed by atoms with van der Waals surface area (Å²) >= 11 is 0. The molecular formula is C26H30O6. The zero-order valence-corrected chi connectivity index (χ0v) is 19.5. The van der Waals surface area contributed by atoms with Crippen molar-refractivity contribution < 1.29 is 28.4 Å².